The van der Waals surface area contributed by atoms with Crippen LogP contribution in [-0.2, 0) is 17.8 Å². The van der Waals surface area contributed by atoms with Crippen molar-refractivity contribution in [1.82, 2.24) is 9.80 Å². The molecule has 0 bridgehead atoms. The minimum atomic E-state index is 0. The number of amides is 1. The van der Waals surface area contributed by atoms with E-state index in [1.807, 2.05) is 16.2 Å². The molecule has 0 aliphatic carbocycles. The summed E-state index contributed by atoms with van der Waals surface area (Å²) >= 11 is 1.81. The largest absolute Gasteiger partial charge is 0.337 e. The van der Waals surface area contributed by atoms with Crippen LogP contribution in [0.5, 0.6) is 0 Å². The number of hydrogen-bond acceptors (Lipinski definition) is 4. The van der Waals surface area contributed by atoms with Crippen molar-refractivity contribution in [2.45, 2.75) is 31.8 Å². The average molecular weight is 316 g/mol. The Kier molecular flexibility index (Phi) is 5.43. The summed E-state index contributed by atoms with van der Waals surface area (Å²) in [5.74, 6) is 0.261. The molecule has 1 unspecified atom stereocenters. The van der Waals surface area contributed by atoms with Gasteiger partial charge in [0.1, 0.15) is 0 Å². The van der Waals surface area contributed by atoms with Crippen LogP contribution in [0.3, 0.4) is 0 Å². The lowest BCUT2D eigenvalue weighted by atomic mass is 10.1. The molecule has 112 valence electrons. The van der Waals surface area contributed by atoms with Gasteiger partial charge in [0.15, 0.2) is 0 Å². The van der Waals surface area contributed by atoms with E-state index >= 15 is 0 Å². The molecule has 1 saturated heterocycles. The molecule has 4 nitrogen and oxygen atoms in total. The van der Waals surface area contributed by atoms with Gasteiger partial charge in [-0.2, -0.15) is 0 Å². The molecule has 1 atom stereocenters. The zero-order valence-corrected chi connectivity index (χ0v) is 13.2. The van der Waals surface area contributed by atoms with Gasteiger partial charge in [0, 0.05) is 30.6 Å². The molecule has 2 N–H and O–H groups in total. The molecule has 1 fully saturated rings. The van der Waals surface area contributed by atoms with Crippen LogP contribution in [0.4, 0.5) is 0 Å². The average Bonchev–Trinajstić information content (AvgIpc) is 3.05. The first-order valence-corrected chi connectivity index (χ1v) is 7.93. The van der Waals surface area contributed by atoms with Crippen molar-refractivity contribution in [3.63, 3.8) is 0 Å². The first kappa shape index (κ1) is 15.8. The van der Waals surface area contributed by atoms with Crippen molar-refractivity contribution in [3.8, 4) is 0 Å². The van der Waals surface area contributed by atoms with Gasteiger partial charge < -0.3 is 10.6 Å². The van der Waals surface area contributed by atoms with E-state index < -0.39 is 0 Å². The molecule has 3 rings (SSSR count). The van der Waals surface area contributed by atoms with E-state index in [4.69, 9.17) is 5.73 Å². The molecule has 0 radical (unpaired) electrons. The zero-order valence-electron chi connectivity index (χ0n) is 11.6. The van der Waals surface area contributed by atoms with Crippen molar-refractivity contribution < 1.29 is 4.79 Å². The second kappa shape index (κ2) is 6.89. The number of halogens is 1. The normalized spacial score (nSPS) is 22.4. The van der Waals surface area contributed by atoms with E-state index in [0.717, 1.165) is 32.5 Å². The molecule has 2 aliphatic rings. The number of hydrogen-bond donors (Lipinski definition) is 1. The lowest BCUT2D eigenvalue weighted by Gasteiger charge is -2.30. The van der Waals surface area contributed by atoms with Crippen molar-refractivity contribution in [3.05, 3.63) is 21.9 Å². The summed E-state index contributed by atoms with van der Waals surface area (Å²) in [4.78, 5) is 18.1. The number of nitrogens with two attached hydrogens (primary N) is 1. The van der Waals surface area contributed by atoms with Crippen LogP contribution in [0.25, 0.3) is 0 Å². The standard InChI is InChI=1S/C14H21N3OS.ClH/c15-8-12-2-1-5-16(12)10-14(18)17-6-3-13-11(9-17)4-7-19-13;/h4,7,12H,1-3,5-6,8-10,15H2;1H. The van der Waals surface area contributed by atoms with E-state index in [9.17, 15) is 4.79 Å². The fourth-order valence-electron chi connectivity index (χ4n) is 3.11. The summed E-state index contributed by atoms with van der Waals surface area (Å²) < 4.78 is 0. The predicted octanol–water partition coefficient (Wildman–Crippen LogP) is 1.48. The maximum Gasteiger partial charge on any atom is 0.237 e. The number of thiophene rings is 1. The Bertz CT molecular complexity index is 465. The predicted molar refractivity (Wildman–Crippen MR) is 84.3 cm³/mol. The number of nitrogens with zero attached hydrogens (tertiary/aromatic N) is 2. The molecule has 1 aromatic rings. The first-order valence-electron chi connectivity index (χ1n) is 7.05. The molecule has 3 heterocycles. The molecule has 1 aromatic heterocycles. The van der Waals surface area contributed by atoms with Gasteiger partial charge in [-0.25, -0.2) is 0 Å². The van der Waals surface area contributed by atoms with Crippen LogP contribution < -0.4 is 5.73 Å². The van der Waals surface area contributed by atoms with E-state index in [1.165, 1.54) is 16.9 Å². The summed E-state index contributed by atoms with van der Waals surface area (Å²) in [6, 6.07) is 2.56. The quantitative estimate of drug-likeness (QED) is 0.919. The summed E-state index contributed by atoms with van der Waals surface area (Å²) in [6.07, 6.45) is 3.32. The third-order valence-electron chi connectivity index (χ3n) is 4.27. The highest BCUT2D eigenvalue weighted by atomic mass is 35.5. The second-order valence-electron chi connectivity index (χ2n) is 5.44. The van der Waals surface area contributed by atoms with Gasteiger partial charge >= 0.3 is 0 Å². The van der Waals surface area contributed by atoms with E-state index in [0.29, 0.717) is 19.1 Å². The van der Waals surface area contributed by atoms with Crippen molar-refractivity contribution >= 4 is 29.7 Å². The smallest absolute Gasteiger partial charge is 0.237 e. The highest BCUT2D eigenvalue weighted by Gasteiger charge is 2.28. The Morgan fingerprint density at radius 3 is 3.10 bits per heavy atom. The third kappa shape index (κ3) is 3.17. The van der Waals surface area contributed by atoms with Gasteiger partial charge in [0.05, 0.1) is 6.54 Å². The lowest BCUT2D eigenvalue weighted by Crippen LogP contribution is -2.45. The Hall–Kier alpha value is -0.620. The molecule has 6 heteroatoms. The third-order valence-corrected chi connectivity index (χ3v) is 5.29. The monoisotopic (exact) mass is 315 g/mol. The molecule has 20 heavy (non-hydrogen) atoms. The van der Waals surface area contributed by atoms with Crippen LogP contribution in [-0.4, -0.2) is 47.9 Å². The molecule has 0 spiro atoms. The fraction of sp³-hybridized carbons (Fsp3) is 0.643. The number of carbonyl (C=O) groups is 1. The van der Waals surface area contributed by atoms with Gasteiger partial charge in [0.25, 0.3) is 0 Å². The summed E-state index contributed by atoms with van der Waals surface area (Å²) in [5, 5.41) is 2.13. The molecule has 0 saturated carbocycles. The lowest BCUT2D eigenvalue weighted by molar-refractivity contribution is -0.133. The maximum absolute atomic E-state index is 12.4. The topological polar surface area (TPSA) is 49.6 Å². The first-order chi connectivity index (χ1) is 9.28. The number of likely N-dealkylation sites (tertiary alicyclic amines) is 1. The molecule has 0 aromatic carbocycles. The Balaban J connectivity index is 0.00000147. The van der Waals surface area contributed by atoms with Gasteiger partial charge in [-0.3, -0.25) is 9.69 Å². The van der Waals surface area contributed by atoms with Crippen LogP contribution in [0.1, 0.15) is 23.3 Å². The molecule has 2 aliphatic heterocycles. The van der Waals surface area contributed by atoms with Crippen LogP contribution in [0, 0.1) is 0 Å². The molecular weight excluding hydrogens is 294 g/mol. The Morgan fingerprint density at radius 1 is 1.45 bits per heavy atom. The van der Waals surface area contributed by atoms with Gasteiger partial charge in [-0.1, -0.05) is 0 Å². The summed E-state index contributed by atoms with van der Waals surface area (Å²) in [6.45, 7) is 3.89. The van der Waals surface area contributed by atoms with Crippen molar-refractivity contribution in [2.24, 2.45) is 5.73 Å². The maximum atomic E-state index is 12.4. The summed E-state index contributed by atoms with van der Waals surface area (Å²) in [5.41, 5.74) is 7.10. The van der Waals surface area contributed by atoms with Crippen LogP contribution in [0.15, 0.2) is 11.4 Å². The minimum Gasteiger partial charge on any atom is -0.337 e. The van der Waals surface area contributed by atoms with Crippen LogP contribution in [0.2, 0.25) is 0 Å². The zero-order chi connectivity index (χ0) is 13.2. The van der Waals surface area contributed by atoms with Crippen LogP contribution >= 0.6 is 23.7 Å². The summed E-state index contributed by atoms with van der Waals surface area (Å²) in [7, 11) is 0. The van der Waals surface area contributed by atoms with Gasteiger partial charge in [-0.15, -0.1) is 23.7 Å². The van der Waals surface area contributed by atoms with E-state index in [2.05, 4.69) is 16.3 Å². The van der Waals surface area contributed by atoms with E-state index in [-0.39, 0.29) is 18.3 Å². The molecular formula is C14H22ClN3OS. The van der Waals surface area contributed by atoms with Gasteiger partial charge in [-0.05, 0) is 42.8 Å². The number of fused-ring (bicyclic) bond motifs is 1. The fourth-order valence-corrected chi connectivity index (χ4v) is 3.99. The Morgan fingerprint density at radius 2 is 2.30 bits per heavy atom. The van der Waals surface area contributed by atoms with E-state index in [1.54, 1.807) is 0 Å². The number of rotatable bonds is 3. The number of carbonyl (C=O) groups excluding carboxylic acids is 1. The van der Waals surface area contributed by atoms with Gasteiger partial charge in [0.2, 0.25) is 5.91 Å². The molecule has 1 amide bonds. The Labute approximate surface area is 130 Å². The SMILES string of the molecule is Cl.NCC1CCCN1CC(=O)N1CCc2sccc2C1. The second-order valence-corrected chi connectivity index (χ2v) is 6.44. The minimum absolute atomic E-state index is 0. The van der Waals surface area contributed by atoms with Crippen molar-refractivity contribution in [2.75, 3.05) is 26.2 Å². The van der Waals surface area contributed by atoms with Crippen molar-refractivity contribution in [1.29, 1.82) is 0 Å². The highest BCUT2D eigenvalue weighted by molar-refractivity contribution is 7.10. The highest BCUT2D eigenvalue weighted by Crippen LogP contribution is 2.24.